The van der Waals surface area contributed by atoms with Crippen molar-refractivity contribution in [2.75, 3.05) is 0 Å². The van der Waals surface area contributed by atoms with Crippen molar-refractivity contribution in [2.24, 2.45) is 0 Å². The standard InChI is InChI=1S/C24H18N4O2/c1-16-11-13-17(14-12-16)22-19-9-5-6-10-20(19)24(29)28(26-22)15-21-25-23(27-30-21)18-7-3-2-4-8-18/h2-14H,15H2,1H3. The smallest absolute Gasteiger partial charge is 0.275 e. The highest BCUT2D eigenvalue weighted by atomic mass is 16.5. The predicted octanol–water partition coefficient (Wildman–Crippen LogP) is 4.47. The van der Waals surface area contributed by atoms with Gasteiger partial charge in [0.05, 0.1) is 11.1 Å². The Morgan fingerprint density at radius 1 is 0.833 bits per heavy atom. The molecule has 0 N–H and O–H groups in total. The lowest BCUT2D eigenvalue weighted by molar-refractivity contribution is 0.364. The molecule has 5 aromatic rings. The van der Waals surface area contributed by atoms with Gasteiger partial charge in [-0.3, -0.25) is 4.79 Å². The van der Waals surface area contributed by atoms with Crippen LogP contribution in [0.3, 0.4) is 0 Å². The molecule has 30 heavy (non-hydrogen) atoms. The minimum absolute atomic E-state index is 0.0996. The van der Waals surface area contributed by atoms with Crippen molar-refractivity contribution in [1.82, 2.24) is 19.9 Å². The van der Waals surface area contributed by atoms with Gasteiger partial charge in [-0.1, -0.05) is 83.5 Å². The van der Waals surface area contributed by atoms with E-state index in [0.717, 1.165) is 27.8 Å². The molecule has 0 amide bonds. The van der Waals surface area contributed by atoms with Crippen LogP contribution < -0.4 is 5.56 Å². The molecule has 0 radical (unpaired) electrons. The van der Waals surface area contributed by atoms with Crippen LogP contribution in [-0.4, -0.2) is 19.9 Å². The molecule has 0 aliphatic carbocycles. The number of nitrogens with zero attached hydrogens (tertiary/aromatic N) is 4. The zero-order valence-electron chi connectivity index (χ0n) is 16.3. The average Bonchev–Trinajstić information content (AvgIpc) is 3.26. The van der Waals surface area contributed by atoms with Crippen LogP contribution >= 0.6 is 0 Å². The molecule has 0 unspecified atom stereocenters. The van der Waals surface area contributed by atoms with E-state index in [9.17, 15) is 4.79 Å². The number of hydrogen-bond donors (Lipinski definition) is 0. The van der Waals surface area contributed by atoms with Crippen molar-refractivity contribution >= 4 is 10.8 Å². The van der Waals surface area contributed by atoms with E-state index in [1.165, 1.54) is 4.68 Å². The van der Waals surface area contributed by atoms with Crippen molar-refractivity contribution in [2.45, 2.75) is 13.5 Å². The normalized spacial score (nSPS) is 11.1. The maximum Gasteiger partial charge on any atom is 0.275 e. The van der Waals surface area contributed by atoms with Crippen LogP contribution in [-0.2, 0) is 6.54 Å². The minimum Gasteiger partial charge on any atom is -0.337 e. The van der Waals surface area contributed by atoms with E-state index < -0.39 is 0 Å². The maximum absolute atomic E-state index is 13.1. The number of fused-ring (bicyclic) bond motifs is 1. The van der Waals surface area contributed by atoms with Crippen molar-refractivity contribution in [3.8, 4) is 22.6 Å². The fraction of sp³-hybridized carbons (Fsp3) is 0.0833. The zero-order valence-corrected chi connectivity index (χ0v) is 16.3. The van der Waals surface area contributed by atoms with E-state index in [1.807, 2.05) is 85.8 Å². The molecule has 0 bridgehead atoms. The van der Waals surface area contributed by atoms with Crippen molar-refractivity contribution in [1.29, 1.82) is 0 Å². The molecule has 0 saturated carbocycles. The number of hydrogen-bond acceptors (Lipinski definition) is 5. The number of benzene rings is 3. The molecule has 2 aromatic heterocycles. The van der Waals surface area contributed by atoms with Gasteiger partial charge < -0.3 is 4.52 Å². The maximum atomic E-state index is 13.1. The summed E-state index contributed by atoms with van der Waals surface area (Å²) >= 11 is 0. The third kappa shape index (κ3) is 3.28. The monoisotopic (exact) mass is 394 g/mol. The van der Waals surface area contributed by atoms with Crippen LogP contribution in [0, 0.1) is 6.92 Å². The van der Waals surface area contributed by atoms with Crippen LogP contribution in [0.1, 0.15) is 11.5 Å². The summed E-state index contributed by atoms with van der Waals surface area (Å²) in [6.07, 6.45) is 0. The lowest BCUT2D eigenvalue weighted by Crippen LogP contribution is -2.24. The Morgan fingerprint density at radius 2 is 1.53 bits per heavy atom. The molecule has 2 heterocycles. The number of aryl methyl sites for hydroxylation is 1. The molecule has 6 heteroatoms. The highest BCUT2D eigenvalue weighted by Gasteiger charge is 2.15. The second-order valence-electron chi connectivity index (χ2n) is 7.10. The Kier molecular flexibility index (Phi) is 4.44. The SMILES string of the molecule is Cc1ccc(-c2nn(Cc3nc(-c4ccccc4)no3)c(=O)c3ccccc23)cc1. The first-order valence-electron chi connectivity index (χ1n) is 9.64. The molecule has 0 spiro atoms. The Bertz CT molecular complexity index is 1390. The second-order valence-corrected chi connectivity index (χ2v) is 7.10. The highest BCUT2D eigenvalue weighted by molar-refractivity contribution is 5.93. The van der Waals surface area contributed by atoms with Crippen LogP contribution in [0.5, 0.6) is 0 Å². The Hall–Kier alpha value is -4.06. The quantitative estimate of drug-likeness (QED) is 0.450. The number of aromatic nitrogens is 4. The van der Waals surface area contributed by atoms with Gasteiger partial charge in [0, 0.05) is 16.5 Å². The third-order valence-corrected chi connectivity index (χ3v) is 4.98. The summed E-state index contributed by atoms with van der Waals surface area (Å²) in [5.74, 6) is 0.812. The molecule has 0 saturated heterocycles. The molecule has 6 nitrogen and oxygen atoms in total. The third-order valence-electron chi connectivity index (χ3n) is 4.98. The molecular formula is C24H18N4O2. The molecule has 3 aromatic carbocycles. The summed E-state index contributed by atoms with van der Waals surface area (Å²) in [4.78, 5) is 17.5. The Labute approximate surface area is 172 Å². The molecule has 0 aliphatic heterocycles. The van der Waals surface area contributed by atoms with Gasteiger partial charge in [0.25, 0.3) is 5.56 Å². The average molecular weight is 394 g/mol. The van der Waals surface area contributed by atoms with E-state index in [0.29, 0.717) is 17.1 Å². The van der Waals surface area contributed by atoms with Crippen LogP contribution in [0.25, 0.3) is 33.4 Å². The first-order chi connectivity index (χ1) is 14.7. The minimum atomic E-state index is -0.194. The van der Waals surface area contributed by atoms with Gasteiger partial charge in [0.2, 0.25) is 11.7 Å². The molecule has 5 rings (SSSR count). The first-order valence-corrected chi connectivity index (χ1v) is 9.64. The molecule has 0 atom stereocenters. The summed E-state index contributed by atoms with van der Waals surface area (Å²) in [7, 11) is 0. The zero-order chi connectivity index (χ0) is 20.5. The lowest BCUT2D eigenvalue weighted by Gasteiger charge is -2.10. The largest absolute Gasteiger partial charge is 0.337 e. The fourth-order valence-corrected chi connectivity index (χ4v) is 3.42. The topological polar surface area (TPSA) is 73.8 Å². The summed E-state index contributed by atoms with van der Waals surface area (Å²) in [6, 6.07) is 25.2. The Morgan fingerprint density at radius 3 is 2.30 bits per heavy atom. The molecule has 146 valence electrons. The second kappa shape index (κ2) is 7.40. The van der Waals surface area contributed by atoms with E-state index in [4.69, 9.17) is 4.52 Å². The summed E-state index contributed by atoms with van der Waals surface area (Å²) in [6.45, 7) is 2.14. The van der Waals surface area contributed by atoms with E-state index in [2.05, 4.69) is 15.2 Å². The first kappa shape index (κ1) is 18.0. The van der Waals surface area contributed by atoms with Gasteiger partial charge in [-0.25, -0.2) is 4.68 Å². The summed E-state index contributed by atoms with van der Waals surface area (Å²) < 4.78 is 6.78. The number of rotatable bonds is 4. The lowest BCUT2D eigenvalue weighted by atomic mass is 10.0. The predicted molar refractivity (Wildman–Crippen MR) is 115 cm³/mol. The summed E-state index contributed by atoms with van der Waals surface area (Å²) in [5, 5.41) is 10.1. The van der Waals surface area contributed by atoms with Gasteiger partial charge in [-0.05, 0) is 13.0 Å². The van der Waals surface area contributed by atoms with Crippen LogP contribution in [0.15, 0.2) is 88.2 Å². The van der Waals surface area contributed by atoms with E-state index >= 15 is 0 Å². The van der Waals surface area contributed by atoms with Crippen LogP contribution in [0.2, 0.25) is 0 Å². The highest BCUT2D eigenvalue weighted by Crippen LogP contribution is 2.25. The van der Waals surface area contributed by atoms with Gasteiger partial charge in [0.1, 0.15) is 6.54 Å². The Balaban J connectivity index is 1.60. The van der Waals surface area contributed by atoms with Crippen molar-refractivity contribution < 1.29 is 4.52 Å². The molecule has 0 fully saturated rings. The fourth-order valence-electron chi connectivity index (χ4n) is 3.42. The van der Waals surface area contributed by atoms with Gasteiger partial charge in [0.15, 0.2) is 0 Å². The van der Waals surface area contributed by atoms with Gasteiger partial charge in [-0.2, -0.15) is 10.1 Å². The van der Waals surface area contributed by atoms with E-state index in [-0.39, 0.29) is 12.1 Å². The van der Waals surface area contributed by atoms with Crippen molar-refractivity contribution in [3.63, 3.8) is 0 Å². The van der Waals surface area contributed by atoms with Gasteiger partial charge in [-0.15, -0.1) is 0 Å². The summed E-state index contributed by atoms with van der Waals surface area (Å²) in [5.41, 5.74) is 3.51. The van der Waals surface area contributed by atoms with Crippen LogP contribution in [0.4, 0.5) is 0 Å². The molecule has 0 aliphatic rings. The van der Waals surface area contributed by atoms with Gasteiger partial charge >= 0.3 is 0 Å². The molecular weight excluding hydrogens is 376 g/mol. The van der Waals surface area contributed by atoms with E-state index in [1.54, 1.807) is 0 Å². The van der Waals surface area contributed by atoms with Crippen molar-refractivity contribution in [3.05, 3.63) is 101 Å².